The summed E-state index contributed by atoms with van der Waals surface area (Å²) in [6.07, 6.45) is 6.98. The van der Waals surface area contributed by atoms with Crippen molar-refractivity contribution < 1.29 is 29.3 Å². The van der Waals surface area contributed by atoms with Crippen LogP contribution in [0, 0.1) is 47.3 Å². The molecule has 4 rings (SSSR count). The number of hydrogen-bond donors (Lipinski definition) is 2. The molecule has 0 spiro atoms. The van der Waals surface area contributed by atoms with Crippen LogP contribution in [0.1, 0.15) is 25.7 Å². The molecule has 0 aromatic rings. The van der Waals surface area contributed by atoms with Gasteiger partial charge in [0.2, 0.25) is 0 Å². The van der Waals surface area contributed by atoms with E-state index in [9.17, 15) is 24.6 Å². The van der Waals surface area contributed by atoms with Crippen LogP contribution in [-0.2, 0) is 19.1 Å². The summed E-state index contributed by atoms with van der Waals surface area (Å²) in [6.45, 7) is 0.302. The summed E-state index contributed by atoms with van der Waals surface area (Å²) in [6, 6.07) is 0. The molecule has 0 aromatic heterocycles. The summed E-state index contributed by atoms with van der Waals surface area (Å²) >= 11 is 0. The standard InChI is InChI=1S/C18H22O6/c19-16(20)13-6-10-4-11(13)5-12(10)7-24-18(23)15-9-2-1-8(3-9)14(15)17(21)22/h1-2,8-15H,3-7H2,(H,19,20)(H,21,22). The predicted molar refractivity (Wildman–Crippen MR) is 81.8 cm³/mol. The maximum absolute atomic E-state index is 12.5. The van der Waals surface area contributed by atoms with Crippen LogP contribution in [0.15, 0.2) is 12.2 Å². The lowest BCUT2D eigenvalue weighted by Crippen LogP contribution is -2.35. The fraction of sp³-hybridized carbons (Fsp3) is 0.722. The van der Waals surface area contributed by atoms with Crippen LogP contribution >= 0.6 is 0 Å². The van der Waals surface area contributed by atoms with E-state index in [1.165, 1.54) is 0 Å². The topological polar surface area (TPSA) is 101 Å². The molecule has 8 unspecified atom stereocenters. The first-order valence-electron chi connectivity index (χ1n) is 8.76. The highest BCUT2D eigenvalue weighted by atomic mass is 16.5. The van der Waals surface area contributed by atoms with Crippen molar-refractivity contribution in [1.82, 2.24) is 0 Å². The number of hydrogen-bond acceptors (Lipinski definition) is 4. The molecule has 4 bridgehead atoms. The monoisotopic (exact) mass is 334 g/mol. The Morgan fingerprint density at radius 3 is 2.17 bits per heavy atom. The number of ether oxygens (including phenoxy) is 1. The molecule has 6 heteroatoms. The van der Waals surface area contributed by atoms with E-state index in [4.69, 9.17) is 4.74 Å². The number of carbonyl (C=O) groups excluding carboxylic acids is 1. The highest BCUT2D eigenvalue weighted by Crippen LogP contribution is 2.52. The zero-order chi connectivity index (χ0) is 17.0. The molecule has 3 saturated carbocycles. The Bertz CT molecular complexity index is 611. The van der Waals surface area contributed by atoms with Gasteiger partial charge in [-0.25, -0.2) is 0 Å². The summed E-state index contributed by atoms with van der Waals surface area (Å²) in [5.74, 6) is -2.81. The van der Waals surface area contributed by atoms with Crippen molar-refractivity contribution in [3.8, 4) is 0 Å². The van der Waals surface area contributed by atoms with Gasteiger partial charge in [-0.3, -0.25) is 14.4 Å². The summed E-state index contributed by atoms with van der Waals surface area (Å²) in [7, 11) is 0. The van der Waals surface area contributed by atoms with Crippen LogP contribution < -0.4 is 0 Å². The van der Waals surface area contributed by atoms with Gasteiger partial charge >= 0.3 is 17.9 Å². The highest BCUT2D eigenvalue weighted by Gasteiger charge is 2.53. The zero-order valence-corrected chi connectivity index (χ0v) is 13.3. The predicted octanol–water partition coefficient (Wildman–Crippen LogP) is 1.80. The maximum Gasteiger partial charge on any atom is 0.310 e. The summed E-state index contributed by atoms with van der Waals surface area (Å²) in [5.41, 5.74) is 0. The molecule has 2 N–H and O–H groups in total. The number of aliphatic carboxylic acids is 2. The number of allylic oxidation sites excluding steroid dienone is 2. The molecule has 0 radical (unpaired) electrons. The second-order valence-corrected chi connectivity index (χ2v) is 7.90. The van der Waals surface area contributed by atoms with Gasteiger partial charge in [0.1, 0.15) is 0 Å². The molecule has 0 amide bonds. The number of carboxylic acids is 2. The quantitative estimate of drug-likeness (QED) is 0.587. The average molecular weight is 334 g/mol. The lowest BCUT2D eigenvalue weighted by molar-refractivity contribution is -0.160. The molecule has 6 nitrogen and oxygen atoms in total. The van der Waals surface area contributed by atoms with E-state index in [1.54, 1.807) is 0 Å². The Kier molecular flexibility index (Phi) is 3.66. The Balaban J connectivity index is 1.34. The Morgan fingerprint density at radius 2 is 1.58 bits per heavy atom. The van der Waals surface area contributed by atoms with Crippen molar-refractivity contribution in [3.05, 3.63) is 12.2 Å². The van der Waals surface area contributed by atoms with E-state index < -0.39 is 29.7 Å². The van der Waals surface area contributed by atoms with Gasteiger partial charge in [0.05, 0.1) is 24.4 Å². The number of carboxylic acid groups (broad SMARTS) is 2. The van der Waals surface area contributed by atoms with Crippen LogP contribution in [-0.4, -0.2) is 34.7 Å². The molecule has 0 heterocycles. The first-order valence-corrected chi connectivity index (χ1v) is 8.76. The molecule has 130 valence electrons. The maximum atomic E-state index is 12.5. The molecule has 4 aliphatic rings. The first kappa shape index (κ1) is 15.7. The number of carbonyl (C=O) groups is 3. The summed E-state index contributed by atoms with van der Waals surface area (Å²) in [5, 5.41) is 18.6. The van der Waals surface area contributed by atoms with Gasteiger partial charge in [0, 0.05) is 0 Å². The third-order valence-corrected chi connectivity index (χ3v) is 6.78. The van der Waals surface area contributed by atoms with Crippen molar-refractivity contribution in [1.29, 1.82) is 0 Å². The number of rotatable bonds is 5. The lowest BCUT2D eigenvalue weighted by Gasteiger charge is -2.27. The third-order valence-electron chi connectivity index (χ3n) is 6.78. The van der Waals surface area contributed by atoms with Gasteiger partial charge in [-0.2, -0.15) is 0 Å². The smallest absolute Gasteiger partial charge is 0.310 e. The zero-order valence-electron chi connectivity index (χ0n) is 13.3. The van der Waals surface area contributed by atoms with Crippen LogP contribution in [0.5, 0.6) is 0 Å². The molecule has 0 aliphatic heterocycles. The van der Waals surface area contributed by atoms with Gasteiger partial charge in [-0.15, -0.1) is 0 Å². The average Bonchev–Trinajstić information content (AvgIpc) is 3.29. The lowest BCUT2D eigenvalue weighted by atomic mass is 9.82. The molecule has 0 saturated heterocycles. The summed E-state index contributed by atoms with van der Waals surface area (Å²) in [4.78, 5) is 35.1. The Hall–Kier alpha value is -1.85. The SMILES string of the molecule is O=C(O)C1CC2CC1CC2COC(=O)C1C2C=CC(C2)C1C(=O)O. The highest BCUT2D eigenvalue weighted by molar-refractivity contribution is 5.83. The molecular weight excluding hydrogens is 312 g/mol. The van der Waals surface area contributed by atoms with Crippen LogP contribution in [0.25, 0.3) is 0 Å². The van der Waals surface area contributed by atoms with Gasteiger partial charge in [0.15, 0.2) is 0 Å². The van der Waals surface area contributed by atoms with Crippen LogP contribution in [0.2, 0.25) is 0 Å². The van der Waals surface area contributed by atoms with E-state index in [-0.39, 0.29) is 29.6 Å². The van der Waals surface area contributed by atoms with Crippen LogP contribution in [0.3, 0.4) is 0 Å². The molecule has 24 heavy (non-hydrogen) atoms. The van der Waals surface area contributed by atoms with Gasteiger partial charge in [-0.1, -0.05) is 12.2 Å². The van der Waals surface area contributed by atoms with Crippen molar-refractivity contribution in [2.75, 3.05) is 6.61 Å². The minimum atomic E-state index is -0.918. The van der Waals surface area contributed by atoms with Gasteiger partial charge < -0.3 is 14.9 Å². The van der Waals surface area contributed by atoms with E-state index >= 15 is 0 Å². The first-order chi connectivity index (χ1) is 11.5. The molecule has 4 aliphatic carbocycles. The Labute approximate surface area is 139 Å². The normalized spacial score (nSPS) is 44.8. The fourth-order valence-electron chi connectivity index (χ4n) is 5.67. The van der Waals surface area contributed by atoms with Gasteiger partial charge in [0.25, 0.3) is 0 Å². The second-order valence-electron chi connectivity index (χ2n) is 7.90. The van der Waals surface area contributed by atoms with Crippen LogP contribution in [0.4, 0.5) is 0 Å². The molecule has 8 atom stereocenters. The largest absolute Gasteiger partial charge is 0.481 e. The molecular formula is C18H22O6. The van der Waals surface area contributed by atoms with E-state index in [0.29, 0.717) is 18.9 Å². The van der Waals surface area contributed by atoms with Crippen molar-refractivity contribution in [2.45, 2.75) is 25.7 Å². The molecule has 3 fully saturated rings. The van der Waals surface area contributed by atoms with E-state index in [2.05, 4.69) is 0 Å². The second kappa shape index (κ2) is 5.60. The number of fused-ring (bicyclic) bond motifs is 4. The van der Waals surface area contributed by atoms with E-state index in [0.717, 1.165) is 19.3 Å². The fourth-order valence-corrected chi connectivity index (χ4v) is 5.67. The van der Waals surface area contributed by atoms with Gasteiger partial charge in [-0.05, 0) is 55.3 Å². The molecule has 0 aromatic carbocycles. The van der Waals surface area contributed by atoms with Crippen molar-refractivity contribution in [2.24, 2.45) is 47.3 Å². The minimum Gasteiger partial charge on any atom is -0.481 e. The minimum absolute atomic E-state index is 0.0139. The van der Waals surface area contributed by atoms with Crippen molar-refractivity contribution >= 4 is 17.9 Å². The van der Waals surface area contributed by atoms with E-state index in [1.807, 2.05) is 12.2 Å². The van der Waals surface area contributed by atoms with Crippen molar-refractivity contribution in [3.63, 3.8) is 0 Å². The number of esters is 1. The Morgan fingerprint density at radius 1 is 0.875 bits per heavy atom. The summed E-state index contributed by atoms with van der Waals surface area (Å²) < 4.78 is 5.51. The third kappa shape index (κ3) is 2.34.